The minimum Gasteiger partial charge on any atom is -0.497 e. The number of ether oxygens (including phenoxy) is 1. The number of pyridine rings is 2. The summed E-state index contributed by atoms with van der Waals surface area (Å²) in [5.74, 6) is 1.99. The van der Waals surface area contributed by atoms with Gasteiger partial charge in [0.25, 0.3) is 5.82 Å². The van der Waals surface area contributed by atoms with Crippen molar-refractivity contribution in [3.05, 3.63) is 78.5 Å². The van der Waals surface area contributed by atoms with Crippen molar-refractivity contribution in [1.29, 1.82) is 0 Å². The van der Waals surface area contributed by atoms with Gasteiger partial charge in [-0.05, 0) is 80.0 Å². The molecule has 0 saturated heterocycles. The lowest BCUT2D eigenvalue weighted by Crippen LogP contribution is -2.39. The van der Waals surface area contributed by atoms with Crippen LogP contribution in [-0.4, -0.2) is 17.0 Å². The summed E-state index contributed by atoms with van der Waals surface area (Å²) in [4.78, 5) is 0. The summed E-state index contributed by atoms with van der Waals surface area (Å²) in [5.41, 5.74) is 5.98. The maximum absolute atomic E-state index is 5.42. The topological polar surface area (TPSA) is 29.8 Å². The summed E-state index contributed by atoms with van der Waals surface area (Å²) >= 11 is 0. The van der Waals surface area contributed by atoms with Crippen molar-refractivity contribution in [3.63, 3.8) is 0 Å². The molecule has 4 nitrogen and oxygen atoms in total. The normalized spacial score (nSPS) is 12.5. The molecule has 0 aliphatic carbocycles. The van der Waals surface area contributed by atoms with Crippen LogP contribution in [0.25, 0.3) is 33.2 Å². The predicted molar refractivity (Wildman–Crippen MR) is 147 cm³/mol. The minimum atomic E-state index is -0.0962. The Morgan fingerprint density at radius 3 is 2.31 bits per heavy atom. The van der Waals surface area contributed by atoms with E-state index in [0.717, 1.165) is 34.9 Å². The number of imidazole rings is 1. The van der Waals surface area contributed by atoms with Crippen LogP contribution in [0.15, 0.2) is 72.9 Å². The molecule has 0 saturated carbocycles. The Hall–Kier alpha value is -3.53. The monoisotopic (exact) mass is 466 g/mol. The maximum Gasteiger partial charge on any atom is 0.267 e. The number of nitrogens with one attached hydrogen (secondary N) is 1. The molecule has 180 valence electrons. The molecular weight excluding hydrogens is 430 g/mol. The zero-order valence-corrected chi connectivity index (χ0v) is 21.9. The molecule has 0 fully saturated rings. The summed E-state index contributed by atoms with van der Waals surface area (Å²) < 4.78 is 10.2. The fourth-order valence-corrected chi connectivity index (χ4v) is 5.62. The standard InChI is InChI=1S/C31H36N3O/c1-21-12-17-27-33(19-21)29(32-31(5,6)20-30(2,3)4)28-25-11-9-8-10-23(25)18-26(34(27)28)22-13-15-24(35-7)16-14-22/h8-19,32H,20H2,1-7H3/q+1. The lowest BCUT2D eigenvalue weighted by molar-refractivity contribution is -0.495. The smallest absolute Gasteiger partial charge is 0.267 e. The first-order chi connectivity index (χ1) is 16.6. The number of nitrogens with zero attached hydrogens (tertiary/aromatic N) is 2. The molecule has 35 heavy (non-hydrogen) atoms. The average Bonchev–Trinajstić information content (AvgIpc) is 3.10. The van der Waals surface area contributed by atoms with Crippen LogP contribution < -0.4 is 14.5 Å². The van der Waals surface area contributed by atoms with Gasteiger partial charge in [-0.15, -0.1) is 0 Å². The van der Waals surface area contributed by atoms with E-state index in [-0.39, 0.29) is 11.0 Å². The first kappa shape index (κ1) is 23.2. The number of benzene rings is 2. The molecule has 0 atom stereocenters. The van der Waals surface area contributed by atoms with Crippen molar-refractivity contribution in [2.45, 2.75) is 53.5 Å². The molecule has 5 aromatic rings. The number of aryl methyl sites for hydroxylation is 1. The van der Waals surface area contributed by atoms with Gasteiger partial charge in [0, 0.05) is 17.0 Å². The van der Waals surface area contributed by atoms with Crippen molar-refractivity contribution in [2.24, 2.45) is 5.41 Å². The molecule has 2 aromatic carbocycles. The number of methoxy groups -OCH3 is 1. The second kappa shape index (κ2) is 8.30. The quantitative estimate of drug-likeness (QED) is 0.273. The van der Waals surface area contributed by atoms with Crippen LogP contribution >= 0.6 is 0 Å². The summed E-state index contributed by atoms with van der Waals surface area (Å²) in [7, 11) is 1.71. The molecule has 4 heteroatoms. The van der Waals surface area contributed by atoms with E-state index in [9.17, 15) is 0 Å². The maximum atomic E-state index is 5.42. The molecule has 3 heterocycles. The van der Waals surface area contributed by atoms with Crippen molar-refractivity contribution >= 4 is 27.8 Å². The van der Waals surface area contributed by atoms with Crippen LogP contribution in [0.3, 0.4) is 0 Å². The van der Waals surface area contributed by atoms with E-state index >= 15 is 0 Å². The second-order valence-electron chi connectivity index (χ2n) is 11.6. The summed E-state index contributed by atoms with van der Waals surface area (Å²) in [6.07, 6.45) is 3.28. The van der Waals surface area contributed by atoms with Crippen molar-refractivity contribution in [2.75, 3.05) is 12.4 Å². The molecule has 0 unspecified atom stereocenters. The van der Waals surface area contributed by atoms with Crippen molar-refractivity contribution in [3.8, 4) is 17.0 Å². The Morgan fingerprint density at radius 1 is 0.914 bits per heavy atom. The van der Waals surface area contributed by atoms with E-state index in [2.05, 4.69) is 116 Å². The Morgan fingerprint density at radius 2 is 1.63 bits per heavy atom. The molecule has 0 radical (unpaired) electrons. The summed E-state index contributed by atoms with van der Waals surface area (Å²) in [6, 6.07) is 23.8. The van der Waals surface area contributed by atoms with E-state index in [0.29, 0.717) is 0 Å². The predicted octanol–water partition coefficient (Wildman–Crippen LogP) is 7.44. The van der Waals surface area contributed by atoms with Crippen molar-refractivity contribution < 1.29 is 9.14 Å². The van der Waals surface area contributed by atoms with Crippen LogP contribution in [0, 0.1) is 12.3 Å². The fraction of sp³-hybridized carbons (Fsp3) is 0.323. The van der Waals surface area contributed by atoms with Gasteiger partial charge in [0.05, 0.1) is 18.8 Å². The van der Waals surface area contributed by atoms with Gasteiger partial charge in [-0.25, -0.2) is 8.80 Å². The van der Waals surface area contributed by atoms with E-state index in [1.807, 2.05) is 12.1 Å². The van der Waals surface area contributed by atoms with Crippen LogP contribution in [0.1, 0.15) is 46.6 Å². The number of hydrogen-bond acceptors (Lipinski definition) is 2. The summed E-state index contributed by atoms with van der Waals surface area (Å²) in [6.45, 7) is 13.7. The number of rotatable bonds is 5. The number of anilines is 1. The van der Waals surface area contributed by atoms with Gasteiger partial charge in [0.1, 0.15) is 11.4 Å². The number of hydrogen-bond donors (Lipinski definition) is 1. The fourth-order valence-electron chi connectivity index (χ4n) is 5.62. The average molecular weight is 467 g/mol. The van der Waals surface area contributed by atoms with Crippen LogP contribution in [-0.2, 0) is 0 Å². The molecule has 3 aromatic heterocycles. The Bertz CT molecular complexity index is 1540. The van der Waals surface area contributed by atoms with Crippen molar-refractivity contribution in [1.82, 2.24) is 4.40 Å². The van der Waals surface area contributed by atoms with Gasteiger partial charge in [-0.1, -0.05) is 45.0 Å². The van der Waals surface area contributed by atoms with Gasteiger partial charge in [0.2, 0.25) is 5.65 Å². The van der Waals surface area contributed by atoms with E-state index < -0.39 is 0 Å². The van der Waals surface area contributed by atoms with E-state index in [1.165, 1.54) is 21.9 Å². The summed E-state index contributed by atoms with van der Waals surface area (Å²) in [5, 5.41) is 6.44. The zero-order chi connectivity index (χ0) is 25.0. The number of aromatic nitrogens is 2. The lowest BCUT2D eigenvalue weighted by Gasteiger charge is -2.31. The van der Waals surface area contributed by atoms with Crippen LogP contribution in [0.2, 0.25) is 0 Å². The molecule has 0 bridgehead atoms. The van der Waals surface area contributed by atoms with Gasteiger partial charge in [-0.2, -0.15) is 0 Å². The first-order valence-electron chi connectivity index (χ1n) is 12.4. The lowest BCUT2D eigenvalue weighted by atomic mass is 9.82. The molecule has 0 aliphatic rings. The highest BCUT2D eigenvalue weighted by molar-refractivity contribution is 6.03. The third-order valence-electron chi connectivity index (χ3n) is 6.56. The largest absolute Gasteiger partial charge is 0.497 e. The molecular formula is C31H36N3O+. The van der Waals surface area contributed by atoms with Crippen LogP contribution in [0.4, 0.5) is 5.82 Å². The van der Waals surface area contributed by atoms with Crippen LogP contribution in [0.5, 0.6) is 5.75 Å². The van der Waals surface area contributed by atoms with E-state index in [1.54, 1.807) is 7.11 Å². The zero-order valence-electron chi connectivity index (χ0n) is 21.9. The molecule has 1 N–H and O–H groups in total. The number of fused-ring (bicyclic) bond motifs is 5. The van der Waals surface area contributed by atoms with Gasteiger partial charge in [0.15, 0.2) is 5.52 Å². The van der Waals surface area contributed by atoms with E-state index in [4.69, 9.17) is 4.74 Å². The molecule has 5 rings (SSSR count). The minimum absolute atomic E-state index is 0.0962. The highest BCUT2D eigenvalue weighted by Gasteiger charge is 2.33. The van der Waals surface area contributed by atoms with Gasteiger partial charge >= 0.3 is 0 Å². The van der Waals surface area contributed by atoms with Gasteiger partial charge < -0.3 is 4.74 Å². The van der Waals surface area contributed by atoms with Gasteiger partial charge in [-0.3, -0.25) is 5.32 Å². The SMILES string of the molecule is COc1ccc(-c2cc3ccccc3c3c(NC(C)(C)CC(C)(C)C)[n+]4cc(C)ccc4n23)cc1. The molecule has 0 amide bonds. The Kier molecular flexibility index (Phi) is 5.51. The molecule has 0 aliphatic heterocycles. The molecule has 0 spiro atoms. The second-order valence-corrected chi connectivity index (χ2v) is 11.6. The third-order valence-corrected chi connectivity index (χ3v) is 6.56. The first-order valence-corrected chi connectivity index (χ1v) is 12.4. The Balaban J connectivity index is 1.88. The highest BCUT2D eigenvalue weighted by atomic mass is 16.5. The third kappa shape index (κ3) is 4.34. The highest BCUT2D eigenvalue weighted by Crippen LogP contribution is 2.36. The Labute approximate surface area is 208 Å².